The molecule has 0 saturated carbocycles. The second-order valence-electron chi connectivity index (χ2n) is 5.63. The van der Waals surface area contributed by atoms with Crippen molar-refractivity contribution in [3.05, 3.63) is 34.9 Å². The smallest absolute Gasteiger partial charge is 0.338 e. The van der Waals surface area contributed by atoms with Gasteiger partial charge in [-0.05, 0) is 31.5 Å². The highest BCUT2D eigenvalue weighted by atomic mass is 32.2. The van der Waals surface area contributed by atoms with Gasteiger partial charge in [-0.15, -0.1) is 0 Å². The number of amides is 1. The third-order valence-electron chi connectivity index (χ3n) is 3.81. The Kier molecular flexibility index (Phi) is 8.19. The second-order valence-corrected chi connectivity index (χ2v) is 6.62. The van der Waals surface area contributed by atoms with Gasteiger partial charge in [-0.2, -0.15) is 0 Å². The van der Waals surface area contributed by atoms with E-state index in [4.69, 9.17) is 14.2 Å². The maximum absolute atomic E-state index is 12.2. The molecule has 28 heavy (non-hydrogen) atoms. The Bertz CT molecular complexity index is 763. The van der Waals surface area contributed by atoms with Crippen LogP contribution in [0, 0.1) is 0 Å². The first-order chi connectivity index (χ1) is 13.5. The van der Waals surface area contributed by atoms with E-state index in [2.05, 4.69) is 4.74 Å². The summed E-state index contributed by atoms with van der Waals surface area (Å²) in [4.78, 5) is 37.0. The molecule has 0 radical (unpaired) electrons. The number of thioether (sulfide) groups is 1. The molecule has 8 nitrogen and oxygen atoms in total. The monoisotopic (exact) mass is 409 g/mol. The number of benzene rings is 1. The summed E-state index contributed by atoms with van der Waals surface area (Å²) in [5.41, 5.74) is 0.350. The summed E-state index contributed by atoms with van der Waals surface area (Å²) >= 11 is 1.28. The zero-order chi connectivity index (χ0) is 20.5. The van der Waals surface area contributed by atoms with Gasteiger partial charge in [0, 0.05) is 6.54 Å². The van der Waals surface area contributed by atoms with E-state index >= 15 is 0 Å². The lowest BCUT2D eigenvalue weighted by molar-refractivity contribution is -0.134. The van der Waals surface area contributed by atoms with Gasteiger partial charge in [0.25, 0.3) is 0 Å². The van der Waals surface area contributed by atoms with Gasteiger partial charge in [-0.1, -0.05) is 11.8 Å². The van der Waals surface area contributed by atoms with E-state index < -0.39 is 11.9 Å². The molecule has 1 aromatic rings. The number of methoxy groups -OCH3 is 2. The van der Waals surface area contributed by atoms with Crippen LogP contribution < -0.4 is 9.47 Å². The van der Waals surface area contributed by atoms with Gasteiger partial charge in [0.1, 0.15) is 0 Å². The van der Waals surface area contributed by atoms with E-state index in [1.807, 2.05) is 6.92 Å². The number of esters is 2. The molecule has 2 rings (SSSR count). The maximum Gasteiger partial charge on any atom is 0.338 e. The molecular formula is C19H23NO7S. The van der Waals surface area contributed by atoms with Gasteiger partial charge in [0.05, 0.1) is 49.9 Å². The van der Waals surface area contributed by atoms with Crippen LogP contribution in [0.2, 0.25) is 0 Å². The van der Waals surface area contributed by atoms with E-state index in [0.29, 0.717) is 41.7 Å². The van der Waals surface area contributed by atoms with Crippen LogP contribution >= 0.6 is 11.8 Å². The lowest BCUT2D eigenvalue weighted by Crippen LogP contribution is -2.27. The summed E-state index contributed by atoms with van der Waals surface area (Å²) in [7, 11) is 2.80. The summed E-state index contributed by atoms with van der Waals surface area (Å²) in [6.07, 6.45) is 1.72. The molecule has 0 atom stereocenters. The van der Waals surface area contributed by atoms with Crippen LogP contribution in [0.5, 0.6) is 11.5 Å². The molecule has 1 aromatic carbocycles. The summed E-state index contributed by atoms with van der Waals surface area (Å²) in [6.45, 7) is 2.76. The van der Waals surface area contributed by atoms with E-state index in [1.54, 1.807) is 18.2 Å². The van der Waals surface area contributed by atoms with E-state index in [-0.39, 0.29) is 18.3 Å². The van der Waals surface area contributed by atoms with Gasteiger partial charge in [-0.3, -0.25) is 4.79 Å². The number of rotatable bonds is 9. The zero-order valence-electron chi connectivity index (χ0n) is 16.1. The third kappa shape index (κ3) is 5.66. The minimum atomic E-state index is -0.516. The number of carbonyl (C=O) groups excluding carboxylic acids is 3. The van der Waals surface area contributed by atoms with Crippen LogP contribution in [0.4, 0.5) is 0 Å². The minimum Gasteiger partial charge on any atom is -0.493 e. The molecule has 1 heterocycles. The number of hydrogen-bond acceptors (Lipinski definition) is 8. The maximum atomic E-state index is 12.2. The number of ether oxygens (including phenoxy) is 4. The molecule has 152 valence electrons. The second kappa shape index (κ2) is 10.6. The molecule has 0 aromatic heterocycles. The minimum absolute atomic E-state index is 0.0945. The van der Waals surface area contributed by atoms with Crippen molar-refractivity contribution in [3.63, 3.8) is 0 Å². The molecule has 0 N–H and O–H groups in total. The van der Waals surface area contributed by atoms with Crippen molar-refractivity contribution in [2.24, 2.45) is 0 Å². The Hall–Kier alpha value is -2.68. The van der Waals surface area contributed by atoms with Crippen molar-refractivity contribution in [3.8, 4) is 11.5 Å². The summed E-state index contributed by atoms with van der Waals surface area (Å²) in [5, 5.41) is 0.541. The standard InChI is InChI=1S/C19H23NO7S/c1-4-26-15-10-13(6-7-14(15)24-2)19(23)27-9-5-8-20-16(21)12-28-17(20)11-18(22)25-3/h6-7,10-11H,4-5,8-9,12H2,1-3H3/b17-11-. The summed E-state index contributed by atoms with van der Waals surface area (Å²) in [5.74, 6) is 0.177. The fraction of sp³-hybridized carbons (Fsp3) is 0.421. The third-order valence-corrected chi connectivity index (χ3v) is 4.84. The van der Waals surface area contributed by atoms with E-state index in [9.17, 15) is 14.4 Å². The van der Waals surface area contributed by atoms with Crippen LogP contribution in [0.1, 0.15) is 23.7 Å². The fourth-order valence-corrected chi connectivity index (χ4v) is 3.43. The van der Waals surface area contributed by atoms with Crippen molar-refractivity contribution >= 4 is 29.6 Å². The van der Waals surface area contributed by atoms with Crippen LogP contribution in [0.15, 0.2) is 29.3 Å². The van der Waals surface area contributed by atoms with Crippen LogP contribution in [0.25, 0.3) is 0 Å². The Morgan fingerprint density at radius 2 is 2.04 bits per heavy atom. The topological polar surface area (TPSA) is 91.4 Å². The highest BCUT2D eigenvalue weighted by molar-refractivity contribution is 8.04. The first-order valence-corrected chi connectivity index (χ1v) is 9.69. The average molecular weight is 409 g/mol. The highest BCUT2D eigenvalue weighted by Gasteiger charge is 2.27. The Morgan fingerprint density at radius 1 is 1.25 bits per heavy atom. The molecule has 0 bridgehead atoms. The van der Waals surface area contributed by atoms with Crippen molar-refractivity contribution in [1.82, 2.24) is 4.90 Å². The molecule has 0 spiro atoms. The molecule has 1 aliphatic heterocycles. The fourth-order valence-electron chi connectivity index (χ4n) is 2.47. The highest BCUT2D eigenvalue weighted by Crippen LogP contribution is 2.29. The number of nitrogens with zero attached hydrogens (tertiary/aromatic N) is 1. The summed E-state index contributed by atoms with van der Waals surface area (Å²) in [6, 6.07) is 4.82. The quantitative estimate of drug-likeness (QED) is 0.348. The van der Waals surface area contributed by atoms with Gasteiger partial charge in [0.2, 0.25) is 5.91 Å². The largest absolute Gasteiger partial charge is 0.493 e. The molecular weight excluding hydrogens is 386 g/mol. The number of carbonyl (C=O) groups is 3. The number of hydrogen-bond donors (Lipinski definition) is 0. The van der Waals surface area contributed by atoms with Gasteiger partial charge >= 0.3 is 11.9 Å². The van der Waals surface area contributed by atoms with Crippen molar-refractivity contribution in [2.75, 3.05) is 39.7 Å². The van der Waals surface area contributed by atoms with Crippen molar-refractivity contribution < 1.29 is 33.3 Å². The van der Waals surface area contributed by atoms with Crippen LogP contribution in [0.3, 0.4) is 0 Å². The molecule has 0 unspecified atom stereocenters. The Labute approximate surface area is 167 Å². The summed E-state index contributed by atoms with van der Waals surface area (Å²) < 4.78 is 20.5. The predicted octanol–water partition coefficient (Wildman–Crippen LogP) is 2.23. The average Bonchev–Trinajstić information content (AvgIpc) is 3.04. The Balaban J connectivity index is 1.88. The molecule has 1 aliphatic rings. The lowest BCUT2D eigenvalue weighted by Gasteiger charge is -2.16. The molecule has 0 aliphatic carbocycles. The van der Waals surface area contributed by atoms with Crippen LogP contribution in [-0.4, -0.2) is 62.5 Å². The van der Waals surface area contributed by atoms with Gasteiger partial charge in [0.15, 0.2) is 11.5 Å². The van der Waals surface area contributed by atoms with Crippen molar-refractivity contribution in [1.29, 1.82) is 0 Å². The Morgan fingerprint density at radius 3 is 2.71 bits per heavy atom. The zero-order valence-corrected chi connectivity index (χ0v) is 16.9. The van der Waals surface area contributed by atoms with E-state index in [0.717, 1.165) is 0 Å². The first kappa shape index (κ1) is 21.6. The molecule has 9 heteroatoms. The van der Waals surface area contributed by atoms with E-state index in [1.165, 1.54) is 37.0 Å². The molecule has 1 fully saturated rings. The SMILES string of the molecule is CCOc1cc(C(=O)OCCCN2C(=O)CS/C2=C\C(=O)OC)ccc1OC. The molecule has 1 saturated heterocycles. The first-order valence-electron chi connectivity index (χ1n) is 8.71. The molecule has 1 amide bonds. The van der Waals surface area contributed by atoms with Crippen LogP contribution in [-0.2, 0) is 19.1 Å². The van der Waals surface area contributed by atoms with Crippen molar-refractivity contribution in [2.45, 2.75) is 13.3 Å². The van der Waals surface area contributed by atoms with Gasteiger partial charge < -0.3 is 23.8 Å². The lowest BCUT2D eigenvalue weighted by atomic mass is 10.2. The normalized spacial score (nSPS) is 14.9. The predicted molar refractivity (Wildman–Crippen MR) is 103 cm³/mol. The van der Waals surface area contributed by atoms with Gasteiger partial charge in [-0.25, -0.2) is 9.59 Å².